The van der Waals surface area contributed by atoms with Crippen molar-refractivity contribution in [3.05, 3.63) is 39.8 Å². The number of nitrogens with zero attached hydrogens (tertiary/aromatic N) is 4. The molecule has 0 aliphatic carbocycles. The molecule has 0 aliphatic rings. The summed E-state index contributed by atoms with van der Waals surface area (Å²) in [5.74, 6) is -0.473. The van der Waals surface area contributed by atoms with Gasteiger partial charge in [0.05, 0.1) is 12.2 Å². The van der Waals surface area contributed by atoms with Gasteiger partial charge in [-0.1, -0.05) is 6.92 Å². The maximum absolute atomic E-state index is 12.8. The highest BCUT2D eigenvalue weighted by atomic mass is 32.1. The minimum Gasteiger partial charge on any atom is -0.462 e. The number of nitrogens with one attached hydrogen (secondary N) is 1. The lowest BCUT2D eigenvalue weighted by Gasteiger charge is -2.09. The lowest BCUT2D eigenvalue weighted by Crippen LogP contribution is -2.19. The Morgan fingerprint density at radius 2 is 2.08 bits per heavy atom. The maximum atomic E-state index is 12.8. The molecule has 26 heavy (non-hydrogen) atoms. The molecule has 0 aromatic carbocycles. The topological polar surface area (TPSA) is 98.5 Å². The van der Waals surface area contributed by atoms with Gasteiger partial charge in [-0.25, -0.2) is 9.78 Å². The van der Waals surface area contributed by atoms with Gasteiger partial charge < -0.3 is 10.1 Å². The molecule has 0 unspecified atom stereocenters. The summed E-state index contributed by atoms with van der Waals surface area (Å²) in [7, 11) is 0. The second-order valence-corrected chi connectivity index (χ2v) is 6.85. The van der Waals surface area contributed by atoms with Crippen LogP contribution in [0.1, 0.15) is 50.8 Å². The van der Waals surface area contributed by atoms with Gasteiger partial charge in [-0.3, -0.25) is 4.79 Å². The highest BCUT2D eigenvalue weighted by Gasteiger charge is 2.24. The molecule has 0 spiro atoms. The number of amides is 1. The van der Waals surface area contributed by atoms with Crippen LogP contribution in [0.2, 0.25) is 0 Å². The fraction of sp³-hybridized carbons (Fsp3) is 0.353. The van der Waals surface area contributed by atoms with E-state index in [-0.39, 0.29) is 12.5 Å². The smallest absolute Gasteiger partial charge is 0.341 e. The van der Waals surface area contributed by atoms with E-state index in [9.17, 15) is 9.59 Å². The normalized spacial score (nSPS) is 10.9. The van der Waals surface area contributed by atoms with Crippen molar-refractivity contribution in [3.63, 3.8) is 0 Å². The Morgan fingerprint density at radius 3 is 2.77 bits per heavy atom. The molecular formula is C17H19N5O3S. The standard InChI is InChI=1S/C17H19N5O3S/c1-5-11-10(4)26-15(13(11)16(24)25-6-2)21-14(23)12-7-9(3)20-17-18-8-19-22(12)17/h7-8H,5-6H2,1-4H3,(H,21,23). The van der Waals surface area contributed by atoms with Gasteiger partial charge in [0.1, 0.15) is 17.0 Å². The third kappa shape index (κ3) is 3.17. The lowest BCUT2D eigenvalue weighted by atomic mass is 10.1. The fourth-order valence-corrected chi connectivity index (χ4v) is 3.90. The van der Waals surface area contributed by atoms with Crippen LogP contribution in [0, 0.1) is 13.8 Å². The molecular weight excluding hydrogens is 354 g/mol. The van der Waals surface area contributed by atoms with Gasteiger partial charge >= 0.3 is 5.97 Å². The van der Waals surface area contributed by atoms with Crippen molar-refractivity contribution in [3.8, 4) is 0 Å². The zero-order valence-electron chi connectivity index (χ0n) is 15.0. The second kappa shape index (κ2) is 7.20. The first kappa shape index (κ1) is 18.0. The molecule has 0 aliphatic heterocycles. The number of carbonyl (C=O) groups is 2. The van der Waals surface area contributed by atoms with Gasteiger partial charge in [-0.05, 0) is 38.8 Å². The van der Waals surface area contributed by atoms with Crippen molar-refractivity contribution in [2.45, 2.75) is 34.1 Å². The van der Waals surface area contributed by atoms with E-state index in [0.29, 0.717) is 34.2 Å². The number of hydrogen-bond acceptors (Lipinski definition) is 7. The fourth-order valence-electron chi connectivity index (χ4n) is 2.77. The lowest BCUT2D eigenvalue weighted by molar-refractivity contribution is 0.0527. The Bertz CT molecular complexity index is 992. The zero-order valence-corrected chi connectivity index (χ0v) is 15.8. The number of thiophene rings is 1. The van der Waals surface area contributed by atoms with E-state index in [1.807, 2.05) is 13.8 Å². The molecule has 9 heteroatoms. The number of rotatable bonds is 5. The molecule has 0 atom stereocenters. The predicted octanol–water partition coefficient (Wildman–Crippen LogP) is 2.79. The summed E-state index contributed by atoms with van der Waals surface area (Å²) in [6, 6.07) is 1.63. The molecule has 8 nitrogen and oxygen atoms in total. The Morgan fingerprint density at radius 1 is 1.31 bits per heavy atom. The second-order valence-electron chi connectivity index (χ2n) is 5.62. The van der Waals surface area contributed by atoms with Crippen molar-refractivity contribution in [1.82, 2.24) is 19.6 Å². The number of ether oxygens (including phenoxy) is 1. The number of anilines is 1. The first-order valence-electron chi connectivity index (χ1n) is 8.24. The first-order chi connectivity index (χ1) is 12.5. The Labute approximate surface area is 154 Å². The molecule has 3 rings (SSSR count). The summed E-state index contributed by atoms with van der Waals surface area (Å²) in [5, 5.41) is 7.35. The summed E-state index contributed by atoms with van der Waals surface area (Å²) in [6.45, 7) is 7.69. The third-order valence-corrected chi connectivity index (χ3v) is 4.94. The molecule has 0 radical (unpaired) electrons. The molecule has 3 heterocycles. The molecule has 0 fully saturated rings. The van der Waals surface area contributed by atoms with Gasteiger partial charge in [0.2, 0.25) is 0 Å². The van der Waals surface area contributed by atoms with E-state index >= 15 is 0 Å². The van der Waals surface area contributed by atoms with E-state index < -0.39 is 5.97 Å². The van der Waals surface area contributed by atoms with Crippen molar-refractivity contribution >= 4 is 34.0 Å². The molecule has 1 amide bonds. The summed E-state index contributed by atoms with van der Waals surface area (Å²) in [5.41, 5.74) is 2.26. The van der Waals surface area contributed by atoms with Crippen LogP contribution in [0.15, 0.2) is 12.4 Å². The Balaban J connectivity index is 2.01. The molecule has 1 N–H and O–H groups in total. The monoisotopic (exact) mass is 373 g/mol. The van der Waals surface area contributed by atoms with Crippen LogP contribution in [-0.2, 0) is 11.2 Å². The van der Waals surface area contributed by atoms with Crippen LogP contribution in [-0.4, -0.2) is 38.1 Å². The van der Waals surface area contributed by atoms with Crippen molar-refractivity contribution in [2.75, 3.05) is 11.9 Å². The number of esters is 1. The minimum absolute atomic E-state index is 0.271. The third-order valence-electron chi connectivity index (χ3n) is 3.88. The maximum Gasteiger partial charge on any atom is 0.341 e. The summed E-state index contributed by atoms with van der Waals surface area (Å²) in [6.07, 6.45) is 2.01. The van der Waals surface area contributed by atoms with E-state index in [2.05, 4.69) is 20.4 Å². The number of aryl methyl sites for hydroxylation is 2. The van der Waals surface area contributed by atoms with Crippen molar-refractivity contribution in [1.29, 1.82) is 0 Å². The minimum atomic E-state index is -0.430. The summed E-state index contributed by atoms with van der Waals surface area (Å²) < 4.78 is 6.54. The Hall–Kier alpha value is -2.81. The molecule has 0 saturated heterocycles. The summed E-state index contributed by atoms with van der Waals surface area (Å²) in [4.78, 5) is 34.5. The van der Waals surface area contributed by atoms with Gasteiger partial charge in [-0.15, -0.1) is 11.3 Å². The number of fused-ring (bicyclic) bond motifs is 1. The van der Waals surface area contributed by atoms with Crippen molar-refractivity contribution in [2.24, 2.45) is 0 Å². The molecule has 3 aromatic rings. The summed E-state index contributed by atoms with van der Waals surface area (Å²) >= 11 is 1.36. The molecule has 0 saturated carbocycles. The van der Waals surface area contributed by atoms with E-state index in [1.165, 1.54) is 22.2 Å². The predicted molar refractivity (Wildman–Crippen MR) is 97.9 cm³/mol. The van der Waals surface area contributed by atoms with Crippen molar-refractivity contribution < 1.29 is 14.3 Å². The van der Waals surface area contributed by atoms with E-state index in [0.717, 1.165) is 10.4 Å². The van der Waals surface area contributed by atoms with Crippen LogP contribution in [0.25, 0.3) is 5.78 Å². The van der Waals surface area contributed by atoms with Crippen LogP contribution in [0.3, 0.4) is 0 Å². The number of carbonyl (C=O) groups excluding carboxylic acids is 2. The zero-order chi connectivity index (χ0) is 18.8. The SMILES string of the molecule is CCOC(=O)c1c(NC(=O)c2cc(C)nc3ncnn23)sc(C)c1CC. The first-order valence-corrected chi connectivity index (χ1v) is 9.06. The molecule has 3 aromatic heterocycles. The van der Waals surface area contributed by atoms with Gasteiger partial charge in [0.15, 0.2) is 0 Å². The van der Waals surface area contributed by atoms with Crippen LogP contribution >= 0.6 is 11.3 Å². The molecule has 136 valence electrons. The van der Waals surface area contributed by atoms with E-state index in [1.54, 1.807) is 19.9 Å². The number of hydrogen-bond donors (Lipinski definition) is 1. The van der Waals surface area contributed by atoms with Gasteiger partial charge in [-0.2, -0.15) is 14.6 Å². The highest BCUT2D eigenvalue weighted by molar-refractivity contribution is 7.16. The van der Waals surface area contributed by atoms with Gasteiger partial charge in [0, 0.05) is 10.6 Å². The average molecular weight is 373 g/mol. The average Bonchev–Trinajstić information content (AvgIpc) is 3.17. The largest absolute Gasteiger partial charge is 0.462 e. The van der Waals surface area contributed by atoms with Gasteiger partial charge in [0.25, 0.3) is 11.7 Å². The highest BCUT2D eigenvalue weighted by Crippen LogP contribution is 2.34. The molecule has 0 bridgehead atoms. The van der Waals surface area contributed by atoms with Crippen LogP contribution in [0.5, 0.6) is 0 Å². The Kier molecular flexibility index (Phi) is 4.99. The van der Waals surface area contributed by atoms with E-state index in [4.69, 9.17) is 4.74 Å². The van der Waals surface area contributed by atoms with Crippen LogP contribution in [0.4, 0.5) is 5.00 Å². The van der Waals surface area contributed by atoms with Crippen LogP contribution < -0.4 is 5.32 Å². The number of aromatic nitrogens is 4. The quantitative estimate of drug-likeness (QED) is 0.691.